The molecular weight excluding hydrogens is 192 g/mol. The van der Waals surface area contributed by atoms with E-state index in [1.807, 2.05) is 6.92 Å². The Morgan fingerprint density at radius 1 is 1.50 bits per heavy atom. The molecule has 0 heterocycles. The third kappa shape index (κ3) is 9.47. The fraction of sp³-hybridized carbons (Fsp3) is 0.700. The van der Waals surface area contributed by atoms with E-state index in [1.54, 1.807) is 6.21 Å². The van der Waals surface area contributed by atoms with Crippen LogP contribution < -0.4 is 5.32 Å². The molecule has 82 valence electrons. The Morgan fingerprint density at radius 3 is 2.64 bits per heavy atom. The maximum Gasteiger partial charge on any atom is 0.119 e. The van der Waals surface area contributed by atoms with Crippen LogP contribution >= 0.6 is 0 Å². The highest BCUT2D eigenvalue weighted by molar-refractivity contribution is 6.76. The highest BCUT2D eigenvalue weighted by Crippen LogP contribution is 2.07. The van der Waals surface area contributed by atoms with Crippen molar-refractivity contribution in [3.8, 4) is 0 Å². The molecule has 0 rings (SSSR count). The summed E-state index contributed by atoms with van der Waals surface area (Å²) in [6.45, 7) is 13.9. The molecule has 0 saturated heterocycles. The minimum Gasteiger partial charge on any atom is -0.362 e. The molecule has 0 spiro atoms. The lowest BCUT2D eigenvalue weighted by atomic mass is 10.7. The molecule has 0 aliphatic rings. The van der Waals surface area contributed by atoms with Gasteiger partial charge in [0.1, 0.15) is 12.6 Å². The highest BCUT2D eigenvalue weighted by atomic mass is 28.3. The summed E-state index contributed by atoms with van der Waals surface area (Å²) in [5.41, 5.74) is 0. The summed E-state index contributed by atoms with van der Waals surface area (Å²) >= 11 is 0. The molecule has 0 radical (unpaired) electrons. The van der Waals surface area contributed by atoms with E-state index < -0.39 is 8.07 Å². The molecular formula is C10H22N2OSi. The van der Waals surface area contributed by atoms with Crippen LogP contribution in [0.15, 0.2) is 17.4 Å². The first-order chi connectivity index (χ1) is 6.45. The van der Waals surface area contributed by atoms with Crippen molar-refractivity contribution in [2.45, 2.75) is 32.6 Å². The second kappa shape index (κ2) is 6.78. The second-order valence-corrected chi connectivity index (χ2v) is 10.00. The van der Waals surface area contributed by atoms with E-state index >= 15 is 0 Å². The Labute approximate surface area is 88.3 Å². The van der Waals surface area contributed by atoms with Crippen LogP contribution in [0.5, 0.6) is 0 Å². The number of nitrogens with zero attached hydrogens (tertiary/aromatic N) is 1. The monoisotopic (exact) mass is 214 g/mol. The van der Waals surface area contributed by atoms with Crippen LogP contribution in [0.3, 0.4) is 0 Å². The van der Waals surface area contributed by atoms with E-state index in [1.165, 1.54) is 6.04 Å². The topological polar surface area (TPSA) is 33.6 Å². The molecule has 0 amide bonds. The molecule has 3 nitrogen and oxygen atoms in total. The summed E-state index contributed by atoms with van der Waals surface area (Å²) in [4.78, 5) is 3.97. The second-order valence-electron chi connectivity index (χ2n) is 4.37. The molecule has 0 aromatic rings. The lowest BCUT2D eigenvalue weighted by Crippen LogP contribution is -2.24. The fourth-order valence-electron chi connectivity index (χ4n) is 0.786. The predicted molar refractivity (Wildman–Crippen MR) is 65.4 cm³/mol. The Hall–Kier alpha value is -0.613. The first kappa shape index (κ1) is 13.4. The van der Waals surface area contributed by atoms with E-state index in [0.717, 1.165) is 6.61 Å². The molecule has 1 N–H and O–H groups in total. The van der Waals surface area contributed by atoms with Gasteiger partial charge in [-0.15, -0.1) is 0 Å². The maximum atomic E-state index is 5.42. The van der Waals surface area contributed by atoms with Crippen molar-refractivity contribution < 1.29 is 4.74 Å². The van der Waals surface area contributed by atoms with Gasteiger partial charge in [0.15, 0.2) is 0 Å². The van der Waals surface area contributed by atoms with Gasteiger partial charge in [0.2, 0.25) is 0 Å². The van der Waals surface area contributed by atoms with Gasteiger partial charge in [0, 0.05) is 20.9 Å². The molecule has 0 aromatic carbocycles. The van der Waals surface area contributed by atoms with E-state index in [-0.39, 0.29) is 0 Å². The number of nitrogens with one attached hydrogen (secondary N) is 1. The molecule has 0 saturated carbocycles. The van der Waals surface area contributed by atoms with Crippen LogP contribution in [-0.2, 0) is 4.74 Å². The maximum absolute atomic E-state index is 5.42. The zero-order chi connectivity index (χ0) is 11.0. The van der Waals surface area contributed by atoms with Crippen LogP contribution in [0.4, 0.5) is 0 Å². The van der Waals surface area contributed by atoms with E-state index in [4.69, 9.17) is 4.74 Å². The number of hydrogen-bond acceptors (Lipinski definition) is 3. The van der Waals surface area contributed by atoms with Gasteiger partial charge < -0.3 is 10.1 Å². The van der Waals surface area contributed by atoms with Crippen molar-refractivity contribution in [3.63, 3.8) is 0 Å². The molecule has 0 fully saturated rings. The lowest BCUT2D eigenvalue weighted by molar-refractivity contribution is 0.135. The van der Waals surface area contributed by atoms with E-state index in [0.29, 0.717) is 12.6 Å². The summed E-state index contributed by atoms with van der Waals surface area (Å²) in [6, 6.07) is 1.19. The zero-order valence-electron chi connectivity index (χ0n) is 9.76. The first-order valence-electron chi connectivity index (χ1n) is 4.95. The molecule has 0 unspecified atom stereocenters. The smallest absolute Gasteiger partial charge is 0.119 e. The summed E-state index contributed by atoms with van der Waals surface area (Å²) < 4.78 is 5.42. The number of hydrogen-bond donors (Lipinski definition) is 1. The van der Waals surface area contributed by atoms with Crippen molar-refractivity contribution in [2.24, 2.45) is 4.99 Å². The van der Waals surface area contributed by atoms with Gasteiger partial charge in [0.25, 0.3) is 0 Å². The number of rotatable bonds is 7. The summed E-state index contributed by atoms with van der Waals surface area (Å²) in [5, 5.41) is 2.97. The van der Waals surface area contributed by atoms with Crippen molar-refractivity contribution in [1.82, 2.24) is 5.32 Å². The molecule has 0 aliphatic heterocycles. The summed E-state index contributed by atoms with van der Waals surface area (Å²) in [6.07, 6.45) is 1.71. The zero-order valence-corrected chi connectivity index (χ0v) is 10.8. The van der Waals surface area contributed by atoms with Crippen LogP contribution in [0.2, 0.25) is 25.7 Å². The van der Waals surface area contributed by atoms with Gasteiger partial charge in [-0.3, -0.25) is 0 Å². The van der Waals surface area contributed by atoms with Crippen LogP contribution in [0.25, 0.3) is 0 Å². The Morgan fingerprint density at radius 2 is 2.14 bits per heavy atom. The van der Waals surface area contributed by atoms with Gasteiger partial charge in [-0.2, -0.15) is 0 Å². The molecule has 4 heteroatoms. The quantitative estimate of drug-likeness (QED) is 0.306. The number of ether oxygens (including phenoxy) is 1. The third-order valence-corrected chi connectivity index (χ3v) is 3.36. The van der Waals surface area contributed by atoms with Crippen molar-refractivity contribution >= 4 is 14.3 Å². The van der Waals surface area contributed by atoms with Gasteiger partial charge in [0.05, 0.1) is 0 Å². The van der Waals surface area contributed by atoms with Crippen molar-refractivity contribution in [2.75, 3.05) is 13.3 Å². The standard InChI is InChI=1S/C10H22N2OSi/c1-6-11-10(2)12-9-13-7-8-14(3,4)5/h6,12H,2,7-9H2,1,3-5H3. The number of aliphatic imine (C=N–C) groups is 1. The molecule has 0 bridgehead atoms. The van der Waals surface area contributed by atoms with Crippen molar-refractivity contribution in [1.29, 1.82) is 0 Å². The van der Waals surface area contributed by atoms with Gasteiger partial charge in [-0.05, 0) is 13.0 Å². The van der Waals surface area contributed by atoms with Crippen LogP contribution in [-0.4, -0.2) is 27.6 Å². The Bertz CT molecular complexity index is 197. The minimum atomic E-state index is -0.954. The molecule has 0 aromatic heterocycles. The molecule has 14 heavy (non-hydrogen) atoms. The highest BCUT2D eigenvalue weighted by Gasteiger charge is 2.11. The average Bonchev–Trinajstić information content (AvgIpc) is 2.02. The average molecular weight is 214 g/mol. The third-order valence-electron chi connectivity index (χ3n) is 1.66. The lowest BCUT2D eigenvalue weighted by Gasteiger charge is -2.15. The minimum absolute atomic E-state index is 0.501. The Balaban J connectivity index is 3.35. The molecule has 0 aliphatic carbocycles. The summed E-state index contributed by atoms with van der Waals surface area (Å²) in [7, 11) is -0.954. The first-order valence-corrected chi connectivity index (χ1v) is 8.65. The van der Waals surface area contributed by atoms with Crippen molar-refractivity contribution in [3.05, 3.63) is 12.4 Å². The van der Waals surface area contributed by atoms with Gasteiger partial charge in [-0.25, -0.2) is 4.99 Å². The van der Waals surface area contributed by atoms with E-state index in [9.17, 15) is 0 Å². The van der Waals surface area contributed by atoms with Crippen LogP contribution in [0.1, 0.15) is 6.92 Å². The molecule has 0 atom stereocenters. The van der Waals surface area contributed by atoms with Gasteiger partial charge in [-0.1, -0.05) is 26.2 Å². The fourth-order valence-corrected chi connectivity index (χ4v) is 1.54. The largest absolute Gasteiger partial charge is 0.362 e. The predicted octanol–water partition coefficient (Wildman–Crippen LogP) is 2.45. The van der Waals surface area contributed by atoms with Crippen LogP contribution in [0, 0.1) is 0 Å². The summed E-state index contributed by atoms with van der Waals surface area (Å²) in [5.74, 6) is 0.653. The van der Waals surface area contributed by atoms with Gasteiger partial charge >= 0.3 is 0 Å². The SMILES string of the molecule is C=C(N=CC)NCOCC[Si](C)(C)C. The normalized spacial score (nSPS) is 12.0. The Kier molecular flexibility index (Phi) is 6.49. The van der Waals surface area contributed by atoms with E-state index in [2.05, 4.69) is 36.5 Å².